The van der Waals surface area contributed by atoms with Gasteiger partial charge in [0.05, 0.1) is 6.54 Å². The number of primary amides is 1. The van der Waals surface area contributed by atoms with Gasteiger partial charge in [0.15, 0.2) is 0 Å². The van der Waals surface area contributed by atoms with Crippen LogP contribution in [0, 0.1) is 0 Å². The summed E-state index contributed by atoms with van der Waals surface area (Å²) in [4.78, 5) is 11.4. The van der Waals surface area contributed by atoms with Gasteiger partial charge in [0, 0.05) is 6.04 Å². The summed E-state index contributed by atoms with van der Waals surface area (Å²) >= 11 is 0. The third-order valence-electron chi connectivity index (χ3n) is 1.24. The van der Waals surface area contributed by atoms with E-state index in [9.17, 15) is 13.6 Å². The van der Waals surface area contributed by atoms with E-state index in [0.29, 0.717) is 0 Å². The molecule has 0 rings (SSSR count). The molecule has 0 radical (unpaired) electrons. The van der Waals surface area contributed by atoms with E-state index in [1.54, 1.807) is 13.8 Å². The first-order valence-corrected chi connectivity index (χ1v) is 3.29. The molecule has 0 aliphatic heterocycles. The van der Waals surface area contributed by atoms with Crippen LogP contribution in [0.15, 0.2) is 0 Å². The van der Waals surface area contributed by atoms with Crippen molar-refractivity contribution in [3.63, 3.8) is 0 Å². The van der Waals surface area contributed by atoms with Crippen molar-refractivity contribution in [2.45, 2.75) is 26.3 Å². The predicted octanol–water partition coefficient (Wildman–Crippen LogP) is 1.04. The summed E-state index contributed by atoms with van der Waals surface area (Å²) in [7, 11) is 0. The monoisotopic (exact) mass is 166 g/mol. The maximum atomic E-state index is 11.8. The van der Waals surface area contributed by atoms with E-state index in [1.807, 2.05) is 0 Å². The van der Waals surface area contributed by atoms with Crippen LogP contribution >= 0.6 is 0 Å². The average molecular weight is 166 g/mol. The second-order valence-electron chi connectivity index (χ2n) is 2.48. The van der Waals surface area contributed by atoms with Crippen molar-refractivity contribution >= 4 is 6.03 Å². The molecule has 5 heteroatoms. The Morgan fingerprint density at radius 1 is 1.55 bits per heavy atom. The van der Waals surface area contributed by atoms with Gasteiger partial charge in [-0.2, -0.15) is 0 Å². The summed E-state index contributed by atoms with van der Waals surface area (Å²) in [6.07, 6.45) is -2.52. The lowest BCUT2D eigenvalue weighted by Crippen LogP contribution is -2.43. The van der Waals surface area contributed by atoms with Crippen molar-refractivity contribution < 1.29 is 13.6 Å². The number of amides is 2. The van der Waals surface area contributed by atoms with Crippen molar-refractivity contribution in [1.82, 2.24) is 4.90 Å². The molecular formula is C6H12F2N2O. The molecule has 11 heavy (non-hydrogen) atoms. The summed E-state index contributed by atoms with van der Waals surface area (Å²) < 4.78 is 23.5. The Balaban J connectivity index is 4.01. The highest BCUT2D eigenvalue weighted by Gasteiger charge is 2.17. The molecule has 0 aliphatic carbocycles. The lowest BCUT2D eigenvalue weighted by molar-refractivity contribution is 0.0899. The molecule has 0 saturated carbocycles. The zero-order chi connectivity index (χ0) is 9.02. The molecule has 0 bridgehead atoms. The Morgan fingerprint density at radius 2 is 2.00 bits per heavy atom. The molecule has 0 aliphatic rings. The number of hydrogen-bond acceptors (Lipinski definition) is 1. The van der Waals surface area contributed by atoms with Crippen molar-refractivity contribution in [2.75, 3.05) is 6.54 Å². The van der Waals surface area contributed by atoms with Gasteiger partial charge in [-0.15, -0.1) is 0 Å². The van der Waals surface area contributed by atoms with Gasteiger partial charge in [0.1, 0.15) is 0 Å². The smallest absolute Gasteiger partial charge is 0.315 e. The first kappa shape index (κ1) is 10.1. The lowest BCUT2D eigenvalue weighted by Gasteiger charge is -2.23. The standard InChI is InChI=1S/C6H12F2N2O/c1-4(2)10(6(9)11)3-5(7)8/h4-5H,3H2,1-2H3,(H2,9,11). The van der Waals surface area contributed by atoms with E-state index >= 15 is 0 Å². The first-order chi connectivity index (χ1) is 4.95. The normalized spacial score (nSPS) is 10.7. The van der Waals surface area contributed by atoms with Crippen LogP contribution in [0.5, 0.6) is 0 Å². The van der Waals surface area contributed by atoms with Crippen LogP contribution in [0.4, 0.5) is 13.6 Å². The van der Waals surface area contributed by atoms with Crippen LogP contribution in [0.25, 0.3) is 0 Å². The molecule has 2 amide bonds. The van der Waals surface area contributed by atoms with Crippen LogP contribution in [0.2, 0.25) is 0 Å². The first-order valence-electron chi connectivity index (χ1n) is 3.29. The van der Waals surface area contributed by atoms with E-state index in [1.165, 1.54) is 0 Å². The number of rotatable bonds is 3. The van der Waals surface area contributed by atoms with E-state index in [0.717, 1.165) is 4.90 Å². The molecule has 0 aromatic heterocycles. The summed E-state index contributed by atoms with van der Waals surface area (Å²) in [6.45, 7) is 2.67. The fraction of sp³-hybridized carbons (Fsp3) is 0.833. The molecule has 0 unspecified atom stereocenters. The number of nitrogens with two attached hydrogens (primary N) is 1. The summed E-state index contributed by atoms with van der Waals surface area (Å²) in [5.41, 5.74) is 4.84. The van der Waals surface area contributed by atoms with Crippen LogP contribution in [-0.4, -0.2) is 29.9 Å². The number of alkyl halides is 2. The van der Waals surface area contributed by atoms with E-state index < -0.39 is 19.0 Å². The minimum Gasteiger partial charge on any atom is -0.351 e. The Morgan fingerprint density at radius 3 is 2.09 bits per heavy atom. The van der Waals surface area contributed by atoms with Gasteiger partial charge in [-0.1, -0.05) is 0 Å². The molecule has 2 N–H and O–H groups in total. The lowest BCUT2D eigenvalue weighted by atomic mass is 10.3. The molecule has 0 aromatic rings. The largest absolute Gasteiger partial charge is 0.351 e. The Bertz CT molecular complexity index is 139. The third kappa shape index (κ3) is 3.75. The summed E-state index contributed by atoms with van der Waals surface area (Å²) in [6, 6.07) is -1.08. The Labute approximate surface area is 64.2 Å². The minimum absolute atomic E-state index is 0.276. The minimum atomic E-state index is -2.52. The average Bonchev–Trinajstić information content (AvgIpc) is 1.81. The number of carbonyl (C=O) groups is 1. The van der Waals surface area contributed by atoms with Crippen molar-refractivity contribution in [3.05, 3.63) is 0 Å². The molecule has 0 spiro atoms. The molecule has 0 atom stereocenters. The zero-order valence-corrected chi connectivity index (χ0v) is 6.55. The molecule has 0 saturated heterocycles. The van der Waals surface area contributed by atoms with Gasteiger partial charge in [-0.25, -0.2) is 13.6 Å². The van der Waals surface area contributed by atoms with Gasteiger partial charge in [0.2, 0.25) is 0 Å². The molecule has 3 nitrogen and oxygen atoms in total. The highest BCUT2D eigenvalue weighted by molar-refractivity contribution is 5.72. The topological polar surface area (TPSA) is 46.3 Å². The second-order valence-corrected chi connectivity index (χ2v) is 2.48. The highest BCUT2D eigenvalue weighted by Crippen LogP contribution is 2.02. The number of halogens is 2. The van der Waals surface area contributed by atoms with Crippen LogP contribution < -0.4 is 5.73 Å². The number of carbonyl (C=O) groups excluding carboxylic acids is 1. The molecule has 66 valence electrons. The predicted molar refractivity (Wildman–Crippen MR) is 37.4 cm³/mol. The van der Waals surface area contributed by atoms with Crippen molar-refractivity contribution in [3.8, 4) is 0 Å². The molecule has 0 fully saturated rings. The number of hydrogen-bond donors (Lipinski definition) is 1. The van der Waals surface area contributed by atoms with Crippen LogP contribution in [0.3, 0.4) is 0 Å². The quantitative estimate of drug-likeness (QED) is 0.669. The van der Waals surface area contributed by atoms with Gasteiger partial charge >= 0.3 is 6.03 Å². The molecule has 0 heterocycles. The molecule has 0 aromatic carbocycles. The zero-order valence-electron chi connectivity index (χ0n) is 6.55. The van der Waals surface area contributed by atoms with Gasteiger partial charge in [0.25, 0.3) is 6.43 Å². The fourth-order valence-electron chi connectivity index (χ4n) is 0.704. The van der Waals surface area contributed by atoms with Crippen LogP contribution in [0.1, 0.15) is 13.8 Å². The Kier molecular flexibility index (Phi) is 3.78. The maximum Gasteiger partial charge on any atom is 0.315 e. The number of nitrogens with zero attached hydrogens (tertiary/aromatic N) is 1. The fourth-order valence-corrected chi connectivity index (χ4v) is 0.704. The summed E-state index contributed by atoms with van der Waals surface area (Å²) in [5, 5.41) is 0. The molecular weight excluding hydrogens is 154 g/mol. The van der Waals surface area contributed by atoms with Gasteiger partial charge < -0.3 is 10.6 Å². The van der Waals surface area contributed by atoms with Gasteiger partial charge in [-0.05, 0) is 13.8 Å². The van der Waals surface area contributed by atoms with Crippen molar-refractivity contribution in [1.29, 1.82) is 0 Å². The summed E-state index contributed by atoms with van der Waals surface area (Å²) in [5.74, 6) is 0. The Hall–Kier alpha value is -0.870. The van der Waals surface area contributed by atoms with E-state index in [4.69, 9.17) is 5.73 Å². The van der Waals surface area contributed by atoms with E-state index in [2.05, 4.69) is 0 Å². The van der Waals surface area contributed by atoms with Gasteiger partial charge in [-0.3, -0.25) is 0 Å². The van der Waals surface area contributed by atoms with Crippen LogP contribution in [-0.2, 0) is 0 Å². The highest BCUT2D eigenvalue weighted by atomic mass is 19.3. The van der Waals surface area contributed by atoms with E-state index in [-0.39, 0.29) is 6.04 Å². The second kappa shape index (κ2) is 4.10. The third-order valence-corrected chi connectivity index (χ3v) is 1.24. The SMILES string of the molecule is CC(C)N(CC(F)F)C(N)=O. The maximum absolute atomic E-state index is 11.8. The number of urea groups is 1. The van der Waals surface area contributed by atoms with Crippen molar-refractivity contribution in [2.24, 2.45) is 5.73 Å².